The van der Waals surface area contributed by atoms with Gasteiger partial charge < -0.3 is 11.1 Å². The Morgan fingerprint density at radius 3 is 2.61 bits per heavy atom. The quantitative estimate of drug-likeness (QED) is 0.739. The predicted molar refractivity (Wildman–Crippen MR) is 92.2 cm³/mol. The molecule has 1 heterocycles. The highest BCUT2D eigenvalue weighted by atomic mass is 32.2. The van der Waals surface area contributed by atoms with E-state index in [9.17, 15) is 13.2 Å². The molecule has 1 aromatic heterocycles. The molecule has 2 rings (SSSR count). The van der Waals surface area contributed by atoms with Crippen LogP contribution in [0.3, 0.4) is 0 Å². The molecule has 0 unspecified atom stereocenters. The van der Waals surface area contributed by atoms with Gasteiger partial charge in [-0.1, -0.05) is 12.1 Å². The van der Waals surface area contributed by atoms with Gasteiger partial charge in [0.25, 0.3) is 15.9 Å². The molecule has 0 aliphatic carbocycles. The van der Waals surface area contributed by atoms with Crippen molar-refractivity contribution in [2.75, 3.05) is 11.3 Å². The lowest BCUT2D eigenvalue weighted by Crippen LogP contribution is -2.48. The van der Waals surface area contributed by atoms with E-state index in [0.717, 1.165) is 11.3 Å². The van der Waals surface area contributed by atoms with E-state index >= 15 is 0 Å². The Kier molecular flexibility index (Phi) is 5.08. The number of hydrogen-bond acceptors (Lipinski definition) is 5. The first-order valence-electron chi connectivity index (χ1n) is 6.92. The summed E-state index contributed by atoms with van der Waals surface area (Å²) in [5.74, 6) is -0.308. The fraction of sp³-hybridized carbons (Fsp3) is 0.267. The van der Waals surface area contributed by atoms with Gasteiger partial charge >= 0.3 is 0 Å². The number of amides is 1. The van der Waals surface area contributed by atoms with Crippen molar-refractivity contribution in [1.82, 2.24) is 5.32 Å². The van der Waals surface area contributed by atoms with Crippen molar-refractivity contribution in [2.24, 2.45) is 5.73 Å². The molecule has 0 aliphatic rings. The van der Waals surface area contributed by atoms with Gasteiger partial charge in [-0.3, -0.25) is 9.52 Å². The number of hydrogen-bond donors (Lipinski definition) is 3. The molecule has 4 N–H and O–H groups in total. The number of anilines is 1. The lowest BCUT2D eigenvalue weighted by Gasteiger charge is -2.24. The Bertz CT molecular complexity index is 784. The van der Waals surface area contributed by atoms with Crippen LogP contribution >= 0.6 is 11.3 Å². The molecular formula is C15H19N3O3S2. The molecule has 0 aliphatic heterocycles. The number of rotatable bonds is 6. The second kappa shape index (κ2) is 6.69. The minimum Gasteiger partial charge on any atom is -0.346 e. The maximum absolute atomic E-state index is 12.2. The van der Waals surface area contributed by atoms with E-state index in [1.165, 1.54) is 12.1 Å². The second-order valence-corrected chi connectivity index (χ2v) is 8.52. The fourth-order valence-corrected chi connectivity index (χ4v) is 3.82. The van der Waals surface area contributed by atoms with Gasteiger partial charge in [-0.05, 0) is 43.5 Å². The van der Waals surface area contributed by atoms with Crippen molar-refractivity contribution >= 4 is 33.0 Å². The van der Waals surface area contributed by atoms with Crippen LogP contribution in [0, 0.1) is 0 Å². The lowest BCUT2D eigenvalue weighted by molar-refractivity contribution is 0.0915. The number of benzene rings is 1. The largest absolute Gasteiger partial charge is 0.346 e. The molecule has 1 aromatic carbocycles. The monoisotopic (exact) mass is 353 g/mol. The van der Waals surface area contributed by atoms with Crippen molar-refractivity contribution in [2.45, 2.75) is 23.6 Å². The Morgan fingerprint density at radius 2 is 2.00 bits per heavy atom. The minimum absolute atomic E-state index is 0.219. The maximum Gasteiger partial charge on any atom is 0.271 e. The third kappa shape index (κ3) is 4.54. The van der Waals surface area contributed by atoms with Gasteiger partial charge in [0.2, 0.25) is 0 Å². The molecule has 8 heteroatoms. The van der Waals surface area contributed by atoms with Crippen LogP contribution in [0.4, 0.5) is 5.69 Å². The van der Waals surface area contributed by atoms with Crippen LogP contribution in [0.25, 0.3) is 0 Å². The first-order chi connectivity index (χ1) is 10.7. The van der Waals surface area contributed by atoms with E-state index in [4.69, 9.17) is 5.73 Å². The van der Waals surface area contributed by atoms with Gasteiger partial charge in [0.1, 0.15) is 4.21 Å². The zero-order chi connectivity index (χ0) is 17.1. The highest BCUT2D eigenvalue weighted by Crippen LogP contribution is 2.21. The summed E-state index contributed by atoms with van der Waals surface area (Å²) in [5.41, 5.74) is 5.75. The first-order valence-corrected chi connectivity index (χ1v) is 9.29. The SMILES string of the molecule is CC(C)(CN)NC(=O)c1cccc(NS(=O)(=O)c2cccs2)c1. The van der Waals surface area contributed by atoms with Gasteiger partial charge in [0.15, 0.2) is 0 Å². The second-order valence-electron chi connectivity index (χ2n) is 5.66. The van der Waals surface area contributed by atoms with Crippen LogP contribution in [-0.2, 0) is 10.0 Å². The fourth-order valence-electron chi connectivity index (χ4n) is 1.78. The molecule has 23 heavy (non-hydrogen) atoms. The van der Waals surface area contributed by atoms with Crippen molar-refractivity contribution in [1.29, 1.82) is 0 Å². The van der Waals surface area contributed by atoms with Gasteiger partial charge in [-0.25, -0.2) is 8.42 Å². The van der Waals surface area contributed by atoms with Crippen LogP contribution in [0.1, 0.15) is 24.2 Å². The number of nitrogens with one attached hydrogen (secondary N) is 2. The van der Waals surface area contributed by atoms with Gasteiger partial charge in [-0.2, -0.15) is 0 Å². The number of carbonyl (C=O) groups is 1. The van der Waals surface area contributed by atoms with Gasteiger partial charge in [0.05, 0.1) is 0 Å². The van der Waals surface area contributed by atoms with Crippen molar-refractivity contribution in [3.63, 3.8) is 0 Å². The van der Waals surface area contributed by atoms with Gasteiger partial charge in [0, 0.05) is 23.3 Å². The molecule has 0 saturated heterocycles. The average Bonchev–Trinajstić information content (AvgIpc) is 3.02. The minimum atomic E-state index is -3.64. The molecule has 0 fully saturated rings. The lowest BCUT2D eigenvalue weighted by atomic mass is 10.1. The summed E-state index contributed by atoms with van der Waals surface area (Å²) < 4.78 is 27.1. The van der Waals surface area contributed by atoms with Crippen LogP contribution in [0.15, 0.2) is 46.0 Å². The number of sulfonamides is 1. The van der Waals surface area contributed by atoms with Crippen LogP contribution in [0.2, 0.25) is 0 Å². The maximum atomic E-state index is 12.2. The Morgan fingerprint density at radius 1 is 1.26 bits per heavy atom. The summed E-state index contributed by atoms with van der Waals surface area (Å²) in [6, 6.07) is 9.51. The molecule has 0 spiro atoms. The van der Waals surface area contributed by atoms with Gasteiger partial charge in [-0.15, -0.1) is 11.3 Å². The summed E-state index contributed by atoms with van der Waals surface area (Å²) in [7, 11) is -3.64. The van der Waals surface area contributed by atoms with Crippen LogP contribution in [-0.4, -0.2) is 26.4 Å². The van der Waals surface area contributed by atoms with Crippen molar-refractivity contribution in [3.8, 4) is 0 Å². The summed E-state index contributed by atoms with van der Waals surface area (Å²) in [4.78, 5) is 12.2. The Balaban J connectivity index is 2.19. The molecule has 6 nitrogen and oxygen atoms in total. The molecule has 1 amide bonds. The topological polar surface area (TPSA) is 101 Å². The third-order valence-electron chi connectivity index (χ3n) is 3.10. The molecule has 0 atom stereocenters. The molecule has 0 radical (unpaired) electrons. The van der Waals surface area contributed by atoms with E-state index in [-0.39, 0.29) is 10.1 Å². The number of nitrogens with two attached hydrogens (primary N) is 1. The first kappa shape index (κ1) is 17.5. The molecule has 124 valence electrons. The van der Waals surface area contributed by atoms with E-state index in [2.05, 4.69) is 10.0 Å². The molecule has 0 bridgehead atoms. The predicted octanol–water partition coefficient (Wildman–Crippen LogP) is 2.02. The number of thiophene rings is 1. The van der Waals surface area contributed by atoms with Crippen LogP contribution in [0.5, 0.6) is 0 Å². The summed E-state index contributed by atoms with van der Waals surface area (Å²) in [6.07, 6.45) is 0. The average molecular weight is 353 g/mol. The normalized spacial score (nSPS) is 12.0. The highest BCUT2D eigenvalue weighted by Gasteiger charge is 2.20. The zero-order valence-corrected chi connectivity index (χ0v) is 14.5. The highest BCUT2D eigenvalue weighted by molar-refractivity contribution is 7.94. The van der Waals surface area contributed by atoms with E-state index in [0.29, 0.717) is 17.8 Å². The third-order valence-corrected chi connectivity index (χ3v) is 5.88. The van der Waals surface area contributed by atoms with Crippen molar-refractivity contribution in [3.05, 3.63) is 47.3 Å². The zero-order valence-electron chi connectivity index (χ0n) is 12.9. The standard InChI is InChI=1S/C15H19N3O3S2/c1-15(2,10-16)17-14(19)11-5-3-6-12(9-11)18-23(20,21)13-7-4-8-22-13/h3-9,18H,10,16H2,1-2H3,(H,17,19). The summed E-state index contributed by atoms with van der Waals surface area (Å²) in [5, 5.41) is 4.49. The Labute approximate surface area is 139 Å². The summed E-state index contributed by atoms with van der Waals surface area (Å²) in [6.45, 7) is 3.92. The smallest absolute Gasteiger partial charge is 0.271 e. The molecule has 0 saturated carbocycles. The van der Waals surface area contributed by atoms with Crippen molar-refractivity contribution < 1.29 is 13.2 Å². The van der Waals surface area contributed by atoms with E-state index in [1.54, 1.807) is 29.6 Å². The molecular weight excluding hydrogens is 334 g/mol. The van der Waals surface area contributed by atoms with Crippen LogP contribution < -0.4 is 15.8 Å². The summed E-state index contributed by atoms with van der Waals surface area (Å²) >= 11 is 1.13. The molecule has 2 aromatic rings. The van der Waals surface area contributed by atoms with E-state index in [1.807, 2.05) is 13.8 Å². The number of carbonyl (C=O) groups excluding carboxylic acids is 1. The van der Waals surface area contributed by atoms with E-state index < -0.39 is 15.6 Å². The Hall–Kier alpha value is -1.90.